The van der Waals surface area contributed by atoms with E-state index in [2.05, 4.69) is 5.32 Å². The number of piperazine rings is 1. The topological polar surface area (TPSA) is 49.4 Å². The van der Waals surface area contributed by atoms with Crippen LogP contribution in [-0.2, 0) is 4.79 Å². The van der Waals surface area contributed by atoms with Crippen molar-refractivity contribution in [1.29, 1.82) is 0 Å². The Bertz CT molecular complexity index is 813. The fourth-order valence-electron chi connectivity index (χ4n) is 2.69. The third kappa shape index (κ3) is 3.10. The van der Waals surface area contributed by atoms with Crippen LogP contribution in [0.4, 0.5) is 8.78 Å². The van der Waals surface area contributed by atoms with Gasteiger partial charge in [-0.1, -0.05) is 23.7 Å². The van der Waals surface area contributed by atoms with Crippen molar-refractivity contribution in [2.75, 3.05) is 13.1 Å². The van der Waals surface area contributed by atoms with Crippen LogP contribution in [0, 0.1) is 11.6 Å². The predicted molar refractivity (Wildman–Crippen MR) is 84.6 cm³/mol. The van der Waals surface area contributed by atoms with Gasteiger partial charge in [-0.2, -0.15) is 0 Å². The summed E-state index contributed by atoms with van der Waals surface area (Å²) in [4.78, 5) is 26.3. The number of halogens is 3. The van der Waals surface area contributed by atoms with E-state index in [1.165, 1.54) is 11.0 Å². The molecule has 1 N–H and O–H groups in total. The smallest absolute Gasteiger partial charge is 0.254 e. The largest absolute Gasteiger partial charge is 0.352 e. The van der Waals surface area contributed by atoms with Crippen LogP contribution in [0.1, 0.15) is 22.0 Å². The van der Waals surface area contributed by atoms with Crippen LogP contribution in [0.5, 0.6) is 0 Å². The average molecular weight is 351 g/mol. The van der Waals surface area contributed by atoms with Gasteiger partial charge in [-0.3, -0.25) is 9.59 Å². The standard InChI is InChI=1S/C17H13ClF2N2O2/c18-12-3-1-2-10(8-12)15-16(23)21-6-7-22(15)17(24)11-4-5-13(19)14(20)9-11/h1-5,8-9,15H,6-7H2,(H,21,23). The number of carbonyl (C=O) groups is 2. The Hall–Kier alpha value is -2.47. The van der Waals surface area contributed by atoms with Crippen molar-refractivity contribution in [2.24, 2.45) is 0 Å². The molecule has 4 nitrogen and oxygen atoms in total. The summed E-state index contributed by atoms with van der Waals surface area (Å²) in [6, 6.07) is 8.67. The molecule has 0 saturated carbocycles. The van der Waals surface area contributed by atoms with E-state index in [0.29, 0.717) is 10.6 Å². The molecule has 1 atom stereocenters. The number of amides is 2. The van der Waals surface area contributed by atoms with Gasteiger partial charge < -0.3 is 10.2 Å². The first-order valence-corrected chi connectivity index (χ1v) is 7.64. The first-order chi connectivity index (χ1) is 11.5. The molecule has 1 aliphatic rings. The van der Waals surface area contributed by atoms with Gasteiger partial charge in [0.05, 0.1) is 0 Å². The molecular formula is C17H13ClF2N2O2. The van der Waals surface area contributed by atoms with E-state index in [1.807, 2.05) is 0 Å². The fraction of sp³-hybridized carbons (Fsp3) is 0.176. The molecule has 0 bridgehead atoms. The van der Waals surface area contributed by atoms with E-state index in [9.17, 15) is 18.4 Å². The van der Waals surface area contributed by atoms with Gasteiger partial charge in [0.15, 0.2) is 11.6 Å². The molecule has 7 heteroatoms. The molecule has 1 saturated heterocycles. The van der Waals surface area contributed by atoms with E-state index < -0.39 is 23.6 Å². The normalized spacial score (nSPS) is 17.5. The van der Waals surface area contributed by atoms with Gasteiger partial charge in [-0.15, -0.1) is 0 Å². The number of hydrogen-bond donors (Lipinski definition) is 1. The van der Waals surface area contributed by atoms with Crippen LogP contribution >= 0.6 is 11.6 Å². The third-order valence-electron chi connectivity index (χ3n) is 3.80. The van der Waals surface area contributed by atoms with Crippen LogP contribution < -0.4 is 5.32 Å². The summed E-state index contributed by atoms with van der Waals surface area (Å²) in [5.74, 6) is -3.04. The molecule has 1 unspecified atom stereocenters. The molecular weight excluding hydrogens is 338 g/mol. The van der Waals surface area contributed by atoms with Crippen molar-refractivity contribution in [2.45, 2.75) is 6.04 Å². The predicted octanol–water partition coefficient (Wildman–Crippen LogP) is 2.93. The van der Waals surface area contributed by atoms with Crippen LogP contribution in [-0.4, -0.2) is 29.8 Å². The number of nitrogens with zero attached hydrogens (tertiary/aromatic N) is 1. The molecule has 0 aliphatic carbocycles. The fourth-order valence-corrected chi connectivity index (χ4v) is 2.89. The Labute approximate surface area is 142 Å². The van der Waals surface area contributed by atoms with E-state index in [1.54, 1.807) is 24.3 Å². The van der Waals surface area contributed by atoms with Gasteiger partial charge in [0, 0.05) is 23.7 Å². The molecule has 2 aromatic carbocycles. The van der Waals surface area contributed by atoms with Gasteiger partial charge in [0.2, 0.25) is 5.91 Å². The van der Waals surface area contributed by atoms with Crippen molar-refractivity contribution in [1.82, 2.24) is 10.2 Å². The van der Waals surface area contributed by atoms with Crippen molar-refractivity contribution >= 4 is 23.4 Å². The minimum Gasteiger partial charge on any atom is -0.352 e. The summed E-state index contributed by atoms with van der Waals surface area (Å²) in [7, 11) is 0. The van der Waals surface area contributed by atoms with Gasteiger partial charge in [0.1, 0.15) is 6.04 Å². The molecule has 1 fully saturated rings. The second kappa shape index (κ2) is 6.57. The summed E-state index contributed by atoms with van der Waals surface area (Å²) < 4.78 is 26.5. The molecule has 124 valence electrons. The number of rotatable bonds is 2. The molecule has 1 heterocycles. The highest BCUT2D eigenvalue weighted by Gasteiger charge is 2.35. The second-order valence-corrected chi connectivity index (χ2v) is 5.81. The van der Waals surface area contributed by atoms with E-state index >= 15 is 0 Å². The molecule has 2 amide bonds. The van der Waals surface area contributed by atoms with Gasteiger partial charge in [-0.25, -0.2) is 8.78 Å². The highest BCUT2D eigenvalue weighted by Crippen LogP contribution is 2.27. The maximum atomic E-state index is 13.4. The zero-order valence-electron chi connectivity index (χ0n) is 12.4. The quantitative estimate of drug-likeness (QED) is 0.905. The van der Waals surface area contributed by atoms with Crippen LogP contribution in [0.15, 0.2) is 42.5 Å². The lowest BCUT2D eigenvalue weighted by Crippen LogP contribution is -2.52. The average Bonchev–Trinajstić information content (AvgIpc) is 2.56. The first-order valence-electron chi connectivity index (χ1n) is 7.26. The highest BCUT2D eigenvalue weighted by molar-refractivity contribution is 6.30. The van der Waals surface area contributed by atoms with Crippen molar-refractivity contribution < 1.29 is 18.4 Å². The molecule has 3 rings (SSSR count). The number of carbonyl (C=O) groups excluding carboxylic acids is 2. The van der Waals surface area contributed by atoms with Gasteiger partial charge >= 0.3 is 0 Å². The SMILES string of the molecule is O=C1NCCN(C(=O)c2ccc(F)c(F)c2)C1c1cccc(Cl)c1. The summed E-state index contributed by atoms with van der Waals surface area (Å²) >= 11 is 5.97. The third-order valence-corrected chi connectivity index (χ3v) is 4.04. The second-order valence-electron chi connectivity index (χ2n) is 5.38. The monoisotopic (exact) mass is 350 g/mol. The number of nitrogens with one attached hydrogen (secondary N) is 1. The lowest BCUT2D eigenvalue weighted by atomic mass is 10.0. The van der Waals surface area contributed by atoms with E-state index in [-0.39, 0.29) is 24.6 Å². The molecule has 0 aromatic heterocycles. The van der Waals surface area contributed by atoms with E-state index in [0.717, 1.165) is 12.1 Å². The first kappa shape index (κ1) is 16.4. The van der Waals surface area contributed by atoms with Crippen LogP contribution in [0.25, 0.3) is 0 Å². The van der Waals surface area contributed by atoms with Gasteiger partial charge in [0.25, 0.3) is 5.91 Å². The molecule has 24 heavy (non-hydrogen) atoms. The number of benzene rings is 2. The maximum absolute atomic E-state index is 13.4. The van der Waals surface area contributed by atoms with Crippen LogP contribution in [0.2, 0.25) is 5.02 Å². The summed E-state index contributed by atoms with van der Waals surface area (Å²) in [6.07, 6.45) is 0. The zero-order valence-corrected chi connectivity index (χ0v) is 13.2. The summed E-state index contributed by atoms with van der Waals surface area (Å²) in [6.45, 7) is 0.534. The lowest BCUT2D eigenvalue weighted by molar-refractivity contribution is -0.128. The van der Waals surface area contributed by atoms with Crippen molar-refractivity contribution in [3.63, 3.8) is 0 Å². The Morgan fingerprint density at radius 3 is 2.67 bits per heavy atom. The van der Waals surface area contributed by atoms with Crippen molar-refractivity contribution in [3.05, 3.63) is 70.2 Å². The lowest BCUT2D eigenvalue weighted by Gasteiger charge is -2.35. The Balaban J connectivity index is 1.98. The Morgan fingerprint density at radius 2 is 1.96 bits per heavy atom. The molecule has 1 aliphatic heterocycles. The molecule has 0 spiro atoms. The highest BCUT2D eigenvalue weighted by atomic mass is 35.5. The minimum atomic E-state index is -1.11. The molecule has 2 aromatic rings. The Morgan fingerprint density at radius 1 is 1.17 bits per heavy atom. The van der Waals surface area contributed by atoms with Crippen molar-refractivity contribution in [3.8, 4) is 0 Å². The minimum absolute atomic E-state index is 0.0179. The van der Waals surface area contributed by atoms with E-state index in [4.69, 9.17) is 11.6 Å². The Kier molecular flexibility index (Phi) is 4.49. The summed E-state index contributed by atoms with van der Waals surface area (Å²) in [5.41, 5.74) is 0.534. The zero-order chi connectivity index (χ0) is 17.3. The summed E-state index contributed by atoms with van der Waals surface area (Å²) in [5, 5.41) is 3.13. The van der Waals surface area contributed by atoms with Gasteiger partial charge in [-0.05, 0) is 35.9 Å². The number of hydrogen-bond acceptors (Lipinski definition) is 2. The molecule has 0 radical (unpaired) electrons. The maximum Gasteiger partial charge on any atom is 0.254 e. The van der Waals surface area contributed by atoms with Crippen LogP contribution in [0.3, 0.4) is 0 Å².